The molecular weight excluding hydrogens is 448 g/mol. The third-order valence-electron chi connectivity index (χ3n) is 6.82. The Bertz CT molecular complexity index is 1100. The van der Waals surface area contributed by atoms with Crippen molar-refractivity contribution in [2.75, 3.05) is 40.4 Å². The fourth-order valence-corrected chi connectivity index (χ4v) is 5.04. The van der Waals surface area contributed by atoms with E-state index in [-0.39, 0.29) is 0 Å². The molecule has 0 bridgehead atoms. The van der Waals surface area contributed by atoms with E-state index in [0.29, 0.717) is 26.2 Å². The van der Waals surface area contributed by atoms with Gasteiger partial charge in [0.2, 0.25) is 0 Å². The SMILES string of the molecule is COc1cc(CCN)c(-c2cc(C)c(-c3cc(CCN)c(OC)cc3CCN)cc2C)cc1CCN. The fraction of sp³-hybridized carbons (Fsp3) is 0.400. The minimum Gasteiger partial charge on any atom is -0.496 e. The standard InChI is InChI=1S/C30H42N4O2/c1-19-13-26(28-16-24(8-12-34)30(36-4)18-22(28)6-10-32)20(2)14-25(19)27-15-23(7-11-33)29(35-3)17-21(27)5-9-31/h13-18H,5-12,31-34H2,1-4H3. The van der Waals surface area contributed by atoms with Crippen LogP contribution in [0.5, 0.6) is 11.5 Å². The van der Waals surface area contributed by atoms with Gasteiger partial charge in [-0.3, -0.25) is 0 Å². The molecule has 194 valence electrons. The van der Waals surface area contributed by atoms with Crippen molar-refractivity contribution < 1.29 is 9.47 Å². The van der Waals surface area contributed by atoms with Crippen LogP contribution in [-0.4, -0.2) is 40.4 Å². The molecule has 0 aliphatic rings. The van der Waals surface area contributed by atoms with E-state index in [9.17, 15) is 0 Å². The summed E-state index contributed by atoms with van der Waals surface area (Å²) >= 11 is 0. The molecule has 0 fully saturated rings. The van der Waals surface area contributed by atoms with Gasteiger partial charge in [0.25, 0.3) is 0 Å². The molecule has 6 heteroatoms. The van der Waals surface area contributed by atoms with Crippen molar-refractivity contribution in [3.63, 3.8) is 0 Å². The van der Waals surface area contributed by atoms with Crippen molar-refractivity contribution in [2.45, 2.75) is 39.5 Å². The van der Waals surface area contributed by atoms with Crippen molar-refractivity contribution in [1.29, 1.82) is 0 Å². The van der Waals surface area contributed by atoms with Gasteiger partial charge in [-0.15, -0.1) is 0 Å². The highest BCUT2D eigenvalue weighted by Gasteiger charge is 2.18. The Morgan fingerprint density at radius 2 is 0.806 bits per heavy atom. The van der Waals surface area contributed by atoms with Crippen LogP contribution >= 0.6 is 0 Å². The fourth-order valence-electron chi connectivity index (χ4n) is 5.04. The first-order chi connectivity index (χ1) is 17.4. The molecule has 0 unspecified atom stereocenters. The quantitative estimate of drug-likeness (QED) is 0.307. The number of hydrogen-bond donors (Lipinski definition) is 4. The first kappa shape index (κ1) is 27.7. The molecule has 3 rings (SSSR count). The summed E-state index contributed by atoms with van der Waals surface area (Å²) in [6.45, 7) is 6.61. The summed E-state index contributed by atoms with van der Waals surface area (Å²) in [6, 6.07) is 13.3. The molecule has 6 nitrogen and oxygen atoms in total. The number of ether oxygens (including phenoxy) is 2. The summed E-state index contributed by atoms with van der Waals surface area (Å²) in [5.74, 6) is 1.74. The van der Waals surface area contributed by atoms with Crippen LogP contribution in [0, 0.1) is 13.8 Å². The second-order valence-corrected chi connectivity index (χ2v) is 9.28. The van der Waals surface area contributed by atoms with E-state index in [2.05, 4.69) is 50.2 Å². The summed E-state index contributed by atoms with van der Waals surface area (Å²) in [5.41, 5.74) is 35.6. The van der Waals surface area contributed by atoms with Crippen LogP contribution < -0.4 is 32.4 Å². The maximum absolute atomic E-state index is 5.98. The molecular formula is C30H42N4O2. The van der Waals surface area contributed by atoms with Crippen LogP contribution in [-0.2, 0) is 25.7 Å². The van der Waals surface area contributed by atoms with Crippen LogP contribution in [0.3, 0.4) is 0 Å². The molecule has 3 aromatic rings. The molecule has 0 heterocycles. The Kier molecular flexibility index (Phi) is 9.90. The maximum Gasteiger partial charge on any atom is 0.122 e. The van der Waals surface area contributed by atoms with Gasteiger partial charge in [0.05, 0.1) is 14.2 Å². The van der Waals surface area contributed by atoms with Gasteiger partial charge < -0.3 is 32.4 Å². The summed E-state index contributed by atoms with van der Waals surface area (Å²) in [7, 11) is 3.41. The van der Waals surface area contributed by atoms with E-state index < -0.39 is 0 Å². The predicted molar refractivity (Wildman–Crippen MR) is 151 cm³/mol. The van der Waals surface area contributed by atoms with Gasteiger partial charge in [0.1, 0.15) is 11.5 Å². The van der Waals surface area contributed by atoms with E-state index in [1.807, 2.05) is 0 Å². The van der Waals surface area contributed by atoms with E-state index in [0.717, 1.165) is 48.3 Å². The lowest BCUT2D eigenvalue weighted by molar-refractivity contribution is 0.409. The molecule has 0 radical (unpaired) electrons. The first-order valence-electron chi connectivity index (χ1n) is 12.7. The number of hydrogen-bond acceptors (Lipinski definition) is 6. The molecule has 0 aliphatic carbocycles. The van der Waals surface area contributed by atoms with Gasteiger partial charge in [-0.05, 0) is 146 Å². The number of rotatable bonds is 12. The molecule has 36 heavy (non-hydrogen) atoms. The minimum atomic E-state index is 0.565. The number of benzene rings is 3. The maximum atomic E-state index is 5.98. The normalized spacial score (nSPS) is 11.1. The predicted octanol–water partition coefficient (Wildman–Crippen LogP) is 3.66. The van der Waals surface area contributed by atoms with Crippen LogP contribution in [0.2, 0.25) is 0 Å². The summed E-state index contributed by atoms with van der Waals surface area (Å²) in [6.07, 6.45) is 3.06. The molecule has 8 N–H and O–H groups in total. The van der Waals surface area contributed by atoms with E-state index in [1.165, 1.54) is 44.5 Å². The van der Waals surface area contributed by atoms with Crippen molar-refractivity contribution >= 4 is 0 Å². The zero-order valence-electron chi connectivity index (χ0n) is 22.2. The van der Waals surface area contributed by atoms with Crippen molar-refractivity contribution in [3.05, 3.63) is 69.8 Å². The van der Waals surface area contributed by atoms with Crippen molar-refractivity contribution in [2.24, 2.45) is 22.9 Å². The molecule has 0 spiro atoms. The third kappa shape index (κ3) is 5.90. The number of nitrogens with two attached hydrogens (primary N) is 4. The average Bonchev–Trinajstić information content (AvgIpc) is 2.87. The Hall–Kier alpha value is -2.90. The lowest BCUT2D eigenvalue weighted by Crippen LogP contribution is -2.09. The monoisotopic (exact) mass is 490 g/mol. The van der Waals surface area contributed by atoms with E-state index in [4.69, 9.17) is 32.4 Å². The second kappa shape index (κ2) is 12.9. The highest BCUT2D eigenvalue weighted by atomic mass is 16.5. The summed E-state index contributed by atoms with van der Waals surface area (Å²) in [5, 5.41) is 0. The van der Waals surface area contributed by atoms with E-state index >= 15 is 0 Å². The van der Waals surface area contributed by atoms with E-state index in [1.54, 1.807) is 14.2 Å². The second-order valence-electron chi connectivity index (χ2n) is 9.28. The molecule has 0 saturated carbocycles. The molecule has 0 saturated heterocycles. The number of aryl methyl sites for hydroxylation is 2. The van der Waals surface area contributed by atoms with Crippen molar-refractivity contribution in [1.82, 2.24) is 0 Å². The minimum absolute atomic E-state index is 0.565. The third-order valence-corrected chi connectivity index (χ3v) is 6.82. The molecule has 0 atom stereocenters. The highest BCUT2D eigenvalue weighted by Crippen LogP contribution is 2.39. The topological polar surface area (TPSA) is 123 Å². The Morgan fingerprint density at radius 3 is 1.11 bits per heavy atom. The Labute approximate surface area is 216 Å². The van der Waals surface area contributed by atoms with Gasteiger partial charge >= 0.3 is 0 Å². The van der Waals surface area contributed by atoms with Gasteiger partial charge in [-0.1, -0.05) is 12.1 Å². The average molecular weight is 491 g/mol. The smallest absolute Gasteiger partial charge is 0.122 e. The van der Waals surface area contributed by atoms with Crippen LogP contribution in [0.1, 0.15) is 33.4 Å². The van der Waals surface area contributed by atoms with Crippen LogP contribution in [0.15, 0.2) is 36.4 Å². The zero-order valence-corrected chi connectivity index (χ0v) is 22.2. The van der Waals surface area contributed by atoms with Crippen molar-refractivity contribution in [3.8, 4) is 33.8 Å². The van der Waals surface area contributed by atoms with Crippen LogP contribution in [0.25, 0.3) is 22.3 Å². The van der Waals surface area contributed by atoms with Gasteiger partial charge in [-0.25, -0.2) is 0 Å². The highest BCUT2D eigenvalue weighted by molar-refractivity contribution is 5.80. The largest absolute Gasteiger partial charge is 0.496 e. The molecule has 3 aromatic carbocycles. The first-order valence-corrected chi connectivity index (χ1v) is 12.7. The summed E-state index contributed by atoms with van der Waals surface area (Å²) in [4.78, 5) is 0. The zero-order chi connectivity index (χ0) is 26.2. The summed E-state index contributed by atoms with van der Waals surface area (Å²) < 4.78 is 11.3. The van der Waals surface area contributed by atoms with Gasteiger partial charge in [0, 0.05) is 0 Å². The molecule has 0 aliphatic heterocycles. The Balaban J connectivity index is 2.21. The number of methoxy groups -OCH3 is 2. The Morgan fingerprint density at radius 1 is 0.472 bits per heavy atom. The van der Waals surface area contributed by atoms with Gasteiger partial charge in [-0.2, -0.15) is 0 Å². The molecule has 0 aromatic heterocycles. The lowest BCUT2D eigenvalue weighted by Gasteiger charge is -2.21. The molecule has 0 amide bonds. The van der Waals surface area contributed by atoms with Crippen LogP contribution in [0.4, 0.5) is 0 Å². The lowest BCUT2D eigenvalue weighted by atomic mass is 9.86. The van der Waals surface area contributed by atoms with Gasteiger partial charge in [0.15, 0.2) is 0 Å².